The van der Waals surface area contributed by atoms with E-state index in [1.807, 2.05) is 0 Å². The topological polar surface area (TPSA) is 77.5 Å². The molecule has 7 heteroatoms. The third-order valence-electron chi connectivity index (χ3n) is 3.05. The lowest BCUT2D eigenvalue weighted by Gasteiger charge is -2.07. The highest BCUT2D eigenvalue weighted by atomic mass is 32.1. The van der Waals surface area contributed by atoms with Crippen molar-refractivity contribution < 1.29 is 19.1 Å². The van der Waals surface area contributed by atoms with E-state index < -0.39 is 5.97 Å². The molecule has 6 nitrogen and oxygen atoms in total. The van der Waals surface area contributed by atoms with E-state index in [1.54, 1.807) is 12.3 Å². The van der Waals surface area contributed by atoms with Crippen LogP contribution >= 0.6 is 11.3 Å². The first kappa shape index (κ1) is 14.9. The van der Waals surface area contributed by atoms with Gasteiger partial charge in [-0.25, -0.2) is 9.78 Å². The average Bonchev–Trinajstić information content (AvgIpc) is 3.10. The fourth-order valence-electron chi connectivity index (χ4n) is 1.96. The fraction of sp³-hybridized carbons (Fsp3) is 0.615. The van der Waals surface area contributed by atoms with Gasteiger partial charge in [0, 0.05) is 25.1 Å². The summed E-state index contributed by atoms with van der Waals surface area (Å²) in [5.74, 6) is -0.212. The Balaban J connectivity index is 1.78. The molecule has 2 rings (SSSR count). The molecule has 0 aliphatic carbocycles. The minimum atomic E-state index is -0.486. The molecular formula is C13H18N2O4S. The normalized spacial score (nSPS) is 17.9. The summed E-state index contributed by atoms with van der Waals surface area (Å²) in [5.41, 5.74) is 0.265. The predicted molar refractivity (Wildman–Crippen MR) is 73.9 cm³/mol. The highest BCUT2D eigenvalue weighted by Gasteiger charge is 2.18. The van der Waals surface area contributed by atoms with Crippen molar-refractivity contribution in [3.63, 3.8) is 0 Å². The van der Waals surface area contributed by atoms with E-state index in [-0.39, 0.29) is 16.6 Å². The van der Waals surface area contributed by atoms with E-state index in [4.69, 9.17) is 9.47 Å². The van der Waals surface area contributed by atoms with Gasteiger partial charge in [-0.05, 0) is 25.7 Å². The monoisotopic (exact) mass is 298 g/mol. The van der Waals surface area contributed by atoms with Gasteiger partial charge in [0.2, 0.25) is 5.01 Å². The van der Waals surface area contributed by atoms with E-state index in [1.165, 1.54) is 0 Å². The molecule has 2 heterocycles. The number of carbonyl (C=O) groups excluding carboxylic acids is 2. The van der Waals surface area contributed by atoms with Crippen molar-refractivity contribution in [2.75, 3.05) is 26.4 Å². The number of hydrogen-bond donors (Lipinski definition) is 1. The number of nitrogens with one attached hydrogen (secondary N) is 1. The summed E-state index contributed by atoms with van der Waals surface area (Å²) in [6.07, 6.45) is 1.96. The number of esters is 1. The molecule has 0 radical (unpaired) electrons. The van der Waals surface area contributed by atoms with Gasteiger partial charge >= 0.3 is 5.97 Å². The summed E-state index contributed by atoms with van der Waals surface area (Å²) in [7, 11) is 0. The molecule has 1 aromatic rings. The van der Waals surface area contributed by atoms with Crippen LogP contribution in [0.25, 0.3) is 0 Å². The smallest absolute Gasteiger partial charge is 0.367 e. The van der Waals surface area contributed by atoms with Gasteiger partial charge in [0.15, 0.2) is 0 Å². The molecule has 20 heavy (non-hydrogen) atoms. The van der Waals surface area contributed by atoms with Crippen molar-refractivity contribution in [3.8, 4) is 0 Å². The highest BCUT2D eigenvalue weighted by Crippen LogP contribution is 2.15. The SMILES string of the molecule is CCOC(=O)c1nc(C(=O)NCCC2CCOC2)cs1. The first-order valence-corrected chi connectivity index (χ1v) is 7.57. The van der Waals surface area contributed by atoms with Crippen LogP contribution in [0.1, 0.15) is 40.1 Å². The highest BCUT2D eigenvalue weighted by molar-refractivity contribution is 7.11. The number of hydrogen-bond acceptors (Lipinski definition) is 6. The Bertz CT molecular complexity index is 469. The summed E-state index contributed by atoms with van der Waals surface area (Å²) < 4.78 is 10.1. The van der Waals surface area contributed by atoms with Crippen LogP contribution in [0.2, 0.25) is 0 Å². The number of thiazole rings is 1. The van der Waals surface area contributed by atoms with Gasteiger partial charge in [-0.2, -0.15) is 0 Å². The third-order valence-corrected chi connectivity index (χ3v) is 3.87. The Morgan fingerprint density at radius 1 is 1.60 bits per heavy atom. The number of carbonyl (C=O) groups is 2. The molecule has 1 N–H and O–H groups in total. The standard InChI is InChI=1S/C13H18N2O4S/c1-2-19-13(17)12-15-10(8-20-12)11(16)14-5-3-9-4-6-18-7-9/h8-9H,2-7H2,1H3,(H,14,16). The molecule has 0 saturated carbocycles. The summed E-state index contributed by atoms with van der Waals surface area (Å²) in [5, 5.41) is 4.59. The molecule has 110 valence electrons. The van der Waals surface area contributed by atoms with Crippen LogP contribution in [0.4, 0.5) is 0 Å². The molecule has 0 bridgehead atoms. The first-order valence-electron chi connectivity index (χ1n) is 6.69. The van der Waals surface area contributed by atoms with E-state index in [2.05, 4.69) is 10.3 Å². The lowest BCUT2D eigenvalue weighted by atomic mass is 10.1. The molecule has 1 amide bonds. The zero-order chi connectivity index (χ0) is 14.4. The van der Waals surface area contributed by atoms with Crippen molar-refractivity contribution in [1.29, 1.82) is 0 Å². The number of aromatic nitrogens is 1. The molecule has 0 spiro atoms. The second kappa shape index (κ2) is 7.35. The summed E-state index contributed by atoms with van der Waals surface area (Å²) in [6, 6.07) is 0. The van der Waals surface area contributed by atoms with Crippen LogP contribution in [0, 0.1) is 5.92 Å². The van der Waals surface area contributed by atoms with Gasteiger partial charge in [-0.1, -0.05) is 0 Å². The van der Waals surface area contributed by atoms with Crippen molar-refractivity contribution in [2.45, 2.75) is 19.8 Å². The zero-order valence-electron chi connectivity index (χ0n) is 11.4. The second-order valence-corrected chi connectivity index (χ2v) is 5.39. The van der Waals surface area contributed by atoms with Gasteiger partial charge in [0.25, 0.3) is 5.91 Å². The fourth-order valence-corrected chi connectivity index (χ4v) is 2.65. The van der Waals surface area contributed by atoms with Crippen molar-refractivity contribution in [1.82, 2.24) is 10.3 Å². The molecule has 1 atom stereocenters. The molecule has 1 saturated heterocycles. The van der Waals surface area contributed by atoms with Crippen molar-refractivity contribution >= 4 is 23.2 Å². The Morgan fingerprint density at radius 3 is 3.15 bits per heavy atom. The largest absolute Gasteiger partial charge is 0.461 e. The number of rotatable bonds is 6. The van der Waals surface area contributed by atoms with Crippen LogP contribution in [0.5, 0.6) is 0 Å². The zero-order valence-corrected chi connectivity index (χ0v) is 12.2. The number of ether oxygens (including phenoxy) is 2. The van der Waals surface area contributed by atoms with Crippen molar-refractivity contribution in [2.24, 2.45) is 5.92 Å². The lowest BCUT2D eigenvalue weighted by molar-refractivity contribution is 0.0526. The van der Waals surface area contributed by atoms with Crippen LogP contribution < -0.4 is 5.32 Å². The minimum Gasteiger partial charge on any atom is -0.461 e. The Hall–Kier alpha value is -1.47. The van der Waals surface area contributed by atoms with Crippen molar-refractivity contribution in [3.05, 3.63) is 16.1 Å². The van der Waals surface area contributed by atoms with Gasteiger partial charge in [-0.3, -0.25) is 4.79 Å². The summed E-state index contributed by atoms with van der Waals surface area (Å²) in [6.45, 7) is 4.21. The Kier molecular flexibility index (Phi) is 5.49. The maximum absolute atomic E-state index is 11.9. The Labute approximate surface area is 121 Å². The molecule has 1 aliphatic heterocycles. The Morgan fingerprint density at radius 2 is 2.45 bits per heavy atom. The van der Waals surface area contributed by atoms with Crippen LogP contribution in [-0.4, -0.2) is 43.2 Å². The molecule has 1 unspecified atom stereocenters. The molecule has 0 aromatic carbocycles. The first-order chi connectivity index (χ1) is 9.70. The van der Waals surface area contributed by atoms with E-state index >= 15 is 0 Å². The average molecular weight is 298 g/mol. The van der Waals surface area contributed by atoms with Gasteiger partial charge in [0.05, 0.1) is 6.61 Å². The van der Waals surface area contributed by atoms with E-state index in [9.17, 15) is 9.59 Å². The predicted octanol–water partition coefficient (Wildman–Crippen LogP) is 1.48. The minimum absolute atomic E-state index is 0.209. The van der Waals surface area contributed by atoms with E-state index in [0.717, 1.165) is 37.4 Å². The van der Waals surface area contributed by atoms with Gasteiger partial charge in [-0.15, -0.1) is 11.3 Å². The molecular weight excluding hydrogens is 280 g/mol. The van der Waals surface area contributed by atoms with Gasteiger partial charge in [0.1, 0.15) is 5.69 Å². The van der Waals surface area contributed by atoms with E-state index in [0.29, 0.717) is 19.1 Å². The summed E-state index contributed by atoms with van der Waals surface area (Å²) in [4.78, 5) is 27.3. The lowest BCUT2D eigenvalue weighted by Crippen LogP contribution is -2.26. The molecule has 1 aliphatic rings. The molecule has 1 aromatic heterocycles. The maximum Gasteiger partial charge on any atom is 0.367 e. The number of amides is 1. The third kappa shape index (κ3) is 4.01. The number of nitrogens with zero attached hydrogens (tertiary/aromatic N) is 1. The van der Waals surface area contributed by atoms with Crippen LogP contribution in [0.15, 0.2) is 5.38 Å². The van der Waals surface area contributed by atoms with Crippen LogP contribution in [0.3, 0.4) is 0 Å². The quantitative estimate of drug-likeness (QED) is 0.805. The maximum atomic E-state index is 11.9. The molecule has 1 fully saturated rings. The van der Waals surface area contributed by atoms with Gasteiger partial charge < -0.3 is 14.8 Å². The second-order valence-electron chi connectivity index (χ2n) is 4.53. The summed E-state index contributed by atoms with van der Waals surface area (Å²) >= 11 is 1.12. The van der Waals surface area contributed by atoms with Crippen LogP contribution in [-0.2, 0) is 9.47 Å².